The van der Waals surface area contributed by atoms with Gasteiger partial charge in [0.25, 0.3) is 5.91 Å². The summed E-state index contributed by atoms with van der Waals surface area (Å²) in [6.07, 6.45) is 1.74. The highest BCUT2D eigenvalue weighted by Gasteiger charge is 2.17. The number of anilines is 1. The minimum Gasteiger partial charge on any atom is -0.320 e. The number of sulfone groups is 1. The van der Waals surface area contributed by atoms with Gasteiger partial charge in [0.2, 0.25) is 0 Å². The summed E-state index contributed by atoms with van der Waals surface area (Å²) in [6.45, 7) is 7.51. The smallest absolute Gasteiger partial charge is 0.255 e. The van der Waals surface area contributed by atoms with Crippen LogP contribution >= 0.6 is 0 Å². The monoisotopic (exact) mass is 346 g/mol. The quantitative estimate of drug-likeness (QED) is 0.922. The van der Waals surface area contributed by atoms with Crippen LogP contribution in [0.3, 0.4) is 0 Å². The minimum atomic E-state index is -3.39. The zero-order valence-corrected chi connectivity index (χ0v) is 15.4. The molecule has 0 bridgehead atoms. The maximum atomic E-state index is 12.5. The Morgan fingerprint density at radius 3 is 2.38 bits per heavy atom. The summed E-state index contributed by atoms with van der Waals surface area (Å²) in [5.41, 5.74) is 4.21. The van der Waals surface area contributed by atoms with E-state index in [0.717, 1.165) is 23.2 Å². The van der Waals surface area contributed by atoms with Gasteiger partial charge in [-0.15, -0.1) is 0 Å². The molecule has 0 radical (unpaired) electrons. The van der Waals surface area contributed by atoms with Gasteiger partial charge in [-0.2, -0.15) is 0 Å². The van der Waals surface area contributed by atoms with Gasteiger partial charge >= 0.3 is 0 Å². The van der Waals surface area contributed by atoms with E-state index >= 15 is 0 Å². The summed E-state index contributed by atoms with van der Waals surface area (Å²) in [7, 11) is -3.39. The molecule has 1 amide bonds. The van der Waals surface area contributed by atoms with Gasteiger partial charge in [-0.25, -0.2) is 8.42 Å². The maximum Gasteiger partial charge on any atom is 0.255 e. The molecule has 128 valence electrons. The second-order valence-electron chi connectivity index (χ2n) is 5.94. The summed E-state index contributed by atoms with van der Waals surface area (Å²) in [5.74, 6) is -0.348. The van der Waals surface area contributed by atoms with Gasteiger partial charge < -0.3 is 5.32 Å². The Balaban J connectivity index is 2.41. The van der Waals surface area contributed by atoms with Crippen LogP contribution < -0.4 is 5.32 Å². The van der Waals surface area contributed by atoms with Crippen LogP contribution in [-0.4, -0.2) is 25.6 Å². The number of aryl methyl sites for hydroxylation is 4. The first-order valence-corrected chi connectivity index (χ1v) is 9.61. The van der Waals surface area contributed by atoms with Crippen molar-refractivity contribution in [3.63, 3.8) is 0 Å². The van der Waals surface area contributed by atoms with Crippen molar-refractivity contribution in [3.8, 4) is 0 Å². The zero-order chi connectivity index (χ0) is 18.1. The molecule has 0 fully saturated rings. The number of hydrogen-bond acceptors (Lipinski definition) is 4. The predicted molar refractivity (Wildman–Crippen MR) is 95.3 cm³/mol. The molecule has 6 heteroatoms. The molecule has 1 aromatic carbocycles. The molecule has 0 aliphatic rings. The fourth-order valence-corrected chi connectivity index (χ4v) is 3.76. The van der Waals surface area contributed by atoms with Crippen molar-refractivity contribution in [3.05, 3.63) is 52.3 Å². The molecule has 0 saturated heterocycles. The van der Waals surface area contributed by atoms with Crippen molar-refractivity contribution in [1.29, 1.82) is 0 Å². The average Bonchev–Trinajstić information content (AvgIpc) is 2.49. The van der Waals surface area contributed by atoms with Crippen LogP contribution in [0.5, 0.6) is 0 Å². The fourth-order valence-electron chi connectivity index (χ4n) is 2.73. The molecule has 0 aliphatic heterocycles. The molecule has 0 unspecified atom stereocenters. The number of carbonyl (C=O) groups excluding carboxylic acids is 1. The Bertz CT molecular complexity index is 879. The van der Waals surface area contributed by atoms with Crippen molar-refractivity contribution in [2.75, 3.05) is 11.6 Å². The lowest BCUT2D eigenvalue weighted by Crippen LogP contribution is -2.16. The zero-order valence-electron chi connectivity index (χ0n) is 14.6. The fraction of sp³-hybridized carbons (Fsp3) is 0.333. The number of benzene rings is 1. The van der Waals surface area contributed by atoms with E-state index < -0.39 is 9.84 Å². The van der Waals surface area contributed by atoms with Crippen LogP contribution in [0.1, 0.15) is 39.8 Å². The van der Waals surface area contributed by atoms with E-state index in [-0.39, 0.29) is 10.8 Å². The lowest BCUT2D eigenvalue weighted by molar-refractivity contribution is 0.102. The predicted octanol–water partition coefficient (Wildman–Crippen LogP) is 3.23. The topological polar surface area (TPSA) is 76.1 Å². The van der Waals surface area contributed by atoms with Crippen LogP contribution in [0.2, 0.25) is 0 Å². The van der Waals surface area contributed by atoms with Gasteiger partial charge in [-0.05, 0) is 56.5 Å². The number of nitrogens with zero attached hydrogens (tertiary/aromatic N) is 1. The summed E-state index contributed by atoms with van der Waals surface area (Å²) >= 11 is 0. The van der Waals surface area contributed by atoms with Crippen molar-refractivity contribution in [1.82, 2.24) is 4.98 Å². The molecule has 1 aromatic heterocycles. The molecule has 2 aromatic rings. The van der Waals surface area contributed by atoms with Gasteiger partial charge in [0, 0.05) is 17.5 Å². The van der Waals surface area contributed by atoms with Crippen LogP contribution in [-0.2, 0) is 16.3 Å². The molecule has 2 rings (SSSR count). The van der Waals surface area contributed by atoms with E-state index in [1.54, 1.807) is 12.1 Å². The molecule has 0 saturated carbocycles. The van der Waals surface area contributed by atoms with E-state index in [4.69, 9.17) is 0 Å². The van der Waals surface area contributed by atoms with E-state index in [0.29, 0.717) is 23.2 Å². The van der Waals surface area contributed by atoms with Crippen molar-refractivity contribution < 1.29 is 13.2 Å². The summed E-state index contributed by atoms with van der Waals surface area (Å²) in [4.78, 5) is 17.1. The SMILES string of the molecule is CCc1ccc(C(=O)Nc2c(C)cc(C)nc2C)cc1S(C)(=O)=O. The van der Waals surface area contributed by atoms with Gasteiger partial charge in [-0.3, -0.25) is 9.78 Å². The van der Waals surface area contributed by atoms with E-state index in [9.17, 15) is 13.2 Å². The van der Waals surface area contributed by atoms with Crippen molar-refractivity contribution in [2.24, 2.45) is 0 Å². The first kappa shape index (κ1) is 18.1. The number of amides is 1. The summed E-state index contributed by atoms with van der Waals surface area (Å²) < 4.78 is 23.9. The number of hydrogen-bond donors (Lipinski definition) is 1. The number of pyridine rings is 1. The maximum absolute atomic E-state index is 12.5. The van der Waals surface area contributed by atoms with Crippen molar-refractivity contribution >= 4 is 21.4 Å². The number of carbonyl (C=O) groups is 1. The first-order chi connectivity index (χ1) is 11.1. The third-order valence-electron chi connectivity index (χ3n) is 3.87. The molecule has 0 aliphatic carbocycles. The Kier molecular flexibility index (Phi) is 5.08. The lowest BCUT2D eigenvalue weighted by atomic mass is 10.1. The highest BCUT2D eigenvalue weighted by molar-refractivity contribution is 7.90. The molecule has 24 heavy (non-hydrogen) atoms. The van der Waals surface area contributed by atoms with Crippen LogP contribution in [0, 0.1) is 20.8 Å². The number of nitrogens with one attached hydrogen (secondary N) is 1. The standard InChI is InChI=1S/C18H22N2O3S/c1-6-14-7-8-15(10-16(14)24(5,22)23)18(21)20-17-11(2)9-12(3)19-13(17)4/h7-10H,6H2,1-5H3,(H,20,21). The highest BCUT2D eigenvalue weighted by Crippen LogP contribution is 2.22. The first-order valence-electron chi connectivity index (χ1n) is 7.72. The Hall–Kier alpha value is -2.21. The van der Waals surface area contributed by atoms with Crippen molar-refractivity contribution in [2.45, 2.75) is 39.0 Å². The van der Waals surface area contributed by atoms with E-state index in [1.165, 1.54) is 6.07 Å². The molecular weight excluding hydrogens is 324 g/mol. The Morgan fingerprint density at radius 2 is 1.83 bits per heavy atom. The molecule has 0 spiro atoms. The van der Waals surface area contributed by atoms with Gasteiger partial charge in [0.05, 0.1) is 16.3 Å². The third kappa shape index (κ3) is 3.82. The number of aromatic nitrogens is 1. The summed E-state index contributed by atoms with van der Waals surface area (Å²) in [5, 5.41) is 2.84. The molecule has 0 atom stereocenters. The molecule has 5 nitrogen and oxygen atoms in total. The van der Waals surface area contributed by atoms with Crippen LogP contribution in [0.25, 0.3) is 0 Å². The molecular formula is C18H22N2O3S. The Morgan fingerprint density at radius 1 is 1.17 bits per heavy atom. The normalized spacial score (nSPS) is 11.4. The second-order valence-corrected chi connectivity index (χ2v) is 7.93. The van der Waals surface area contributed by atoms with Crippen LogP contribution in [0.15, 0.2) is 29.2 Å². The third-order valence-corrected chi connectivity index (χ3v) is 5.05. The van der Waals surface area contributed by atoms with Gasteiger partial charge in [0.1, 0.15) is 0 Å². The average molecular weight is 346 g/mol. The van der Waals surface area contributed by atoms with Gasteiger partial charge in [0.15, 0.2) is 9.84 Å². The van der Waals surface area contributed by atoms with Gasteiger partial charge in [-0.1, -0.05) is 13.0 Å². The summed E-state index contributed by atoms with van der Waals surface area (Å²) in [6, 6.07) is 6.67. The highest BCUT2D eigenvalue weighted by atomic mass is 32.2. The largest absolute Gasteiger partial charge is 0.320 e. The minimum absolute atomic E-state index is 0.202. The van der Waals surface area contributed by atoms with E-state index in [1.807, 2.05) is 33.8 Å². The molecule has 1 N–H and O–H groups in total. The number of rotatable bonds is 4. The molecule has 1 heterocycles. The lowest BCUT2D eigenvalue weighted by Gasteiger charge is -2.13. The van der Waals surface area contributed by atoms with E-state index in [2.05, 4.69) is 10.3 Å². The van der Waals surface area contributed by atoms with Crippen LogP contribution in [0.4, 0.5) is 5.69 Å². The Labute approximate surface area is 143 Å². The second kappa shape index (κ2) is 6.73.